The molecule has 0 saturated heterocycles. The fourth-order valence-electron chi connectivity index (χ4n) is 0.361. The lowest BCUT2D eigenvalue weighted by Gasteiger charge is -1.96. The molecule has 0 aromatic heterocycles. The van der Waals surface area contributed by atoms with Gasteiger partial charge >= 0.3 is 0 Å². The zero-order valence-electron chi connectivity index (χ0n) is 5.03. The van der Waals surface area contributed by atoms with Gasteiger partial charge in [0.15, 0.2) is 0 Å². The van der Waals surface area contributed by atoms with Gasteiger partial charge in [0.2, 0.25) is 0 Å². The summed E-state index contributed by atoms with van der Waals surface area (Å²) < 4.78 is 16.1. The molecule has 0 heterocycles. The average molecular weight is 119 g/mol. The molecule has 0 aromatic carbocycles. The Balaban J connectivity index is 2.53. The second-order valence-electron chi connectivity index (χ2n) is 1.51. The van der Waals surface area contributed by atoms with Gasteiger partial charge in [0.25, 0.3) is 0 Å². The Bertz CT molecular complexity index is 33.5. The molecule has 2 heteroatoms. The zero-order valence-corrected chi connectivity index (χ0v) is 5.03. The predicted octanol–water partition coefficient (Wildman–Crippen LogP) is 1.59. The maximum absolute atomic E-state index is 11.3. The molecule has 0 spiro atoms. The van der Waals surface area contributed by atoms with Crippen molar-refractivity contribution in [2.75, 3.05) is 19.9 Å². The summed E-state index contributed by atoms with van der Waals surface area (Å²) in [4.78, 5) is 0. The third kappa shape index (κ3) is 5.89. The first-order valence-corrected chi connectivity index (χ1v) is 2.84. The lowest BCUT2D eigenvalue weighted by Crippen LogP contribution is -1.97. The van der Waals surface area contributed by atoms with Crippen LogP contribution in [0.2, 0.25) is 0 Å². The van der Waals surface area contributed by atoms with Crippen LogP contribution in [-0.4, -0.2) is 19.9 Å². The largest absolute Gasteiger partial charge is 0.379 e. The van der Waals surface area contributed by atoms with Crippen LogP contribution in [-0.2, 0) is 4.74 Å². The lowest BCUT2D eigenvalue weighted by atomic mass is 10.4. The van der Waals surface area contributed by atoms with Crippen molar-refractivity contribution in [1.29, 1.82) is 0 Å². The standard InChI is InChI=1S/C6H12FO/c1-2-3-5-8-6-4-7/h1-6H2. The molecule has 0 aliphatic carbocycles. The van der Waals surface area contributed by atoms with E-state index in [-0.39, 0.29) is 13.3 Å². The van der Waals surface area contributed by atoms with E-state index in [9.17, 15) is 4.39 Å². The van der Waals surface area contributed by atoms with Crippen molar-refractivity contribution in [3.05, 3.63) is 6.92 Å². The van der Waals surface area contributed by atoms with Gasteiger partial charge in [0.05, 0.1) is 6.61 Å². The van der Waals surface area contributed by atoms with E-state index in [4.69, 9.17) is 4.74 Å². The van der Waals surface area contributed by atoms with E-state index in [0.717, 1.165) is 12.8 Å². The Kier molecular flexibility index (Phi) is 6.80. The van der Waals surface area contributed by atoms with Gasteiger partial charge in [-0.3, -0.25) is 0 Å². The molecule has 0 bridgehead atoms. The summed E-state index contributed by atoms with van der Waals surface area (Å²) >= 11 is 0. The van der Waals surface area contributed by atoms with Gasteiger partial charge in [-0.2, -0.15) is 0 Å². The van der Waals surface area contributed by atoms with Crippen LogP contribution in [0.3, 0.4) is 0 Å². The van der Waals surface area contributed by atoms with Gasteiger partial charge < -0.3 is 4.74 Å². The van der Waals surface area contributed by atoms with Crippen molar-refractivity contribution in [2.24, 2.45) is 0 Å². The number of hydrogen-bond donors (Lipinski definition) is 0. The molecule has 0 atom stereocenters. The summed E-state index contributed by atoms with van der Waals surface area (Å²) in [5.41, 5.74) is 0. The van der Waals surface area contributed by atoms with Crippen LogP contribution in [0.15, 0.2) is 0 Å². The van der Waals surface area contributed by atoms with Gasteiger partial charge in [-0.15, -0.1) is 0 Å². The Morgan fingerprint density at radius 1 is 1.38 bits per heavy atom. The normalized spacial score (nSPS) is 9.75. The minimum Gasteiger partial charge on any atom is -0.379 e. The number of hydrogen-bond acceptors (Lipinski definition) is 1. The van der Waals surface area contributed by atoms with E-state index in [1.54, 1.807) is 0 Å². The fraction of sp³-hybridized carbons (Fsp3) is 0.833. The van der Waals surface area contributed by atoms with Crippen molar-refractivity contribution in [3.63, 3.8) is 0 Å². The molecule has 49 valence electrons. The zero-order chi connectivity index (χ0) is 6.24. The van der Waals surface area contributed by atoms with Crippen molar-refractivity contribution in [3.8, 4) is 0 Å². The molecule has 0 saturated carbocycles. The highest BCUT2D eigenvalue weighted by Gasteiger charge is 1.83. The molecule has 0 aliphatic rings. The van der Waals surface area contributed by atoms with E-state index in [1.165, 1.54) is 0 Å². The molecule has 0 N–H and O–H groups in total. The van der Waals surface area contributed by atoms with E-state index in [0.29, 0.717) is 6.61 Å². The second kappa shape index (κ2) is 6.89. The number of ether oxygens (including phenoxy) is 1. The topological polar surface area (TPSA) is 9.23 Å². The molecule has 0 rings (SSSR count). The molecular formula is C6H12FO. The van der Waals surface area contributed by atoms with Crippen LogP contribution in [0.25, 0.3) is 0 Å². The quantitative estimate of drug-likeness (QED) is 0.499. The SMILES string of the molecule is [CH2]CCCOCCF. The van der Waals surface area contributed by atoms with Gasteiger partial charge in [-0.25, -0.2) is 4.39 Å². The van der Waals surface area contributed by atoms with Gasteiger partial charge in [-0.05, 0) is 6.42 Å². The van der Waals surface area contributed by atoms with E-state index in [1.807, 2.05) is 0 Å². The fourth-order valence-corrected chi connectivity index (χ4v) is 0.361. The summed E-state index contributed by atoms with van der Waals surface area (Å²) in [7, 11) is 0. The highest BCUT2D eigenvalue weighted by Crippen LogP contribution is 1.86. The van der Waals surface area contributed by atoms with Gasteiger partial charge in [0.1, 0.15) is 6.67 Å². The molecular weight excluding hydrogens is 107 g/mol. The first-order chi connectivity index (χ1) is 3.91. The van der Waals surface area contributed by atoms with Crippen molar-refractivity contribution < 1.29 is 9.13 Å². The first kappa shape index (κ1) is 7.89. The maximum atomic E-state index is 11.3. The minimum atomic E-state index is -0.378. The van der Waals surface area contributed by atoms with Crippen LogP contribution in [0.1, 0.15) is 12.8 Å². The van der Waals surface area contributed by atoms with Crippen LogP contribution in [0.4, 0.5) is 4.39 Å². The van der Waals surface area contributed by atoms with Gasteiger partial charge in [-0.1, -0.05) is 13.3 Å². The van der Waals surface area contributed by atoms with E-state index in [2.05, 4.69) is 6.92 Å². The van der Waals surface area contributed by atoms with Crippen molar-refractivity contribution in [1.82, 2.24) is 0 Å². The summed E-state index contributed by atoms with van der Waals surface area (Å²) in [5.74, 6) is 0. The number of rotatable bonds is 5. The Labute approximate surface area is 49.8 Å². The molecule has 0 amide bonds. The van der Waals surface area contributed by atoms with Crippen LogP contribution < -0.4 is 0 Å². The van der Waals surface area contributed by atoms with E-state index >= 15 is 0 Å². The molecule has 1 nitrogen and oxygen atoms in total. The van der Waals surface area contributed by atoms with Crippen LogP contribution in [0, 0.1) is 6.92 Å². The first-order valence-electron chi connectivity index (χ1n) is 2.84. The third-order valence-electron chi connectivity index (χ3n) is 0.760. The smallest absolute Gasteiger partial charge is 0.113 e. The van der Waals surface area contributed by atoms with Crippen LogP contribution >= 0.6 is 0 Å². The van der Waals surface area contributed by atoms with Gasteiger partial charge in [0, 0.05) is 6.61 Å². The molecule has 0 unspecified atom stereocenters. The molecule has 0 aromatic rings. The van der Waals surface area contributed by atoms with E-state index < -0.39 is 0 Å². The Morgan fingerprint density at radius 2 is 2.12 bits per heavy atom. The Hall–Kier alpha value is -0.110. The van der Waals surface area contributed by atoms with Crippen molar-refractivity contribution in [2.45, 2.75) is 12.8 Å². The third-order valence-corrected chi connectivity index (χ3v) is 0.760. The summed E-state index contributed by atoms with van der Waals surface area (Å²) in [5, 5.41) is 0. The molecule has 8 heavy (non-hydrogen) atoms. The number of halogens is 1. The summed E-state index contributed by atoms with van der Waals surface area (Å²) in [6.45, 7) is 4.11. The number of unbranched alkanes of at least 4 members (excludes halogenated alkanes) is 1. The lowest BCUT2D eigenvalue weighted by molar-refractivity contribution is 0.117. The second-order valence-corrected chi connectivity index (χ2v) is 1.51. The average Bonchev–Trinajstić information content (AvgIpc) is 1.81. The minimum absolute atomic E-state index is 0.236. The maximum Gasteiger partial charge on any atom is 0.113 e. The molecule has 1 radical (unpaired) electrons. The summed E-state index contributed by atoms with van der Waals surface area (Å²) in [6.07, 6.45) is 1.80. The highest BCUT2D eigenvalue weighted by molar-refractivity contribution is 4.38. The highest BCUT2D eigenvalue weighted by atomic mass is 19.1. The Morgan fingerprint density at radius 3 is 2.62 bits per heavy atom. The van der Waals surface area contributed by atoms with Crippen LogP contribution in [0.5, 0.6) is 0 Å². The van der Waals surface area contributed by atoms with Crippen molar-refractivity contribution >= 4 is 0 Å². The monoisotopic (exact) mass is 119 g/mol. The molecule has 0 fully saturated rings. The molecule has 0 aliphatic heterocycles. The summed E-state index contributed by atoms with van der Waals surface area (Å²) in [6, 6.07) is 0. The number of alkyl halides is 1. The predicted molar refractivity (Wildman–Crippen MR) is 31.4 cm³/mol.